The van der Waals surface area contributed by atoms with E-state index in [9.17, 15) is 0 Å². The van der Waals surface area contributed by atoms with Crippen LogP contribution < -0.4 is 5.48 Å². The third kappa shape index (κ3) is 3.45. The second-order valence-electron chi connectivity index (χ2n) is 4.09. The Kier molecular flexibility index (Phi) is 4.65. The summed E-state index contributed by atoms with van der Waals surface area (Å²) < 4.78 is 0.925. The van der Waals surface area contributed by atoms with Crippen molar-refractivity contribution in [3.05, 3.63) is 33.3 Å². The summed E-state index contributed by atoms with van der Waals surface area (Å²) in [5.41, 5.74) is 4.19. The third-order valence-corrected chi connectivity index (χ3v) is 4.03. The van der Waals surface area contributed by atoms with Crippen molar-refractivity contribution in [3.8, 4) is 0 Å². The molecule has 0 aliphatic heterocycles. The zero-order valence-corrected chi connectivity index (χ0v) is 11.4. The second kappa shape index (κ2) is 6.01. The highest BCUT2D eigenvalue weighted by Gasteiger charge is 2.15. The Morgan fingerprint density at radius 2 is 2.12 bits per heavy atom. The van der Waals surface area contributed by atoms with Crippen molar-refractivity contribution >= 4 is 27.5 Å². The maximum Gasteiger partial charge on any atom is 0.0790 e. The summed E-state index contributed by atoms with van der Waals surface area (Å²) in [7, 11) is 0. The van der Waals surface area contributed by atoms with Crippen molar-refractivity contribution in [2.75, 3.05) is 0 Å². The molecule has 0 unspecified atom stereocenters. The van der Waals surface area contributed by atoms with Crippen LogP contribution in [0.2, 0.25) is 5.02 Å². The number of hydrogen-bond donors (Lipinski definition) is 1. The molecular formula is C12H15BrClNO. The smallest absolute Gasteiger partial charge is 0.0790 e. The van der Waals surface area contributed by atoms with Crippen LogP contribution in [-0.2, 0) is 11.4 Å². The Labute approximate surface area is 109 Å². The molecule has 0 spiro atoms. The van der Waals surface area contributed by atoms with Gasteiger partial charge in [0.2, 0.25) is 0 Å². The number of halogens is 2. The van der Waals surface area contributed by atoms with E-state index in [4.69, 9.17) is 16.4 Å². The zero-order valence-electron chi connectivity index (χ0n) is 9.01. The molecule has 0 radical (unpaired) electrons. The molecule has 2 rings (SSSR count). The van der Waals surface area contributed by atoms with E-state index >= 15 is 0 Å². The third-order valence-electron chi connectivity index (χ3n) is 2.81. The van der Waals surface area contributed by atoms with E-state index in [-0.39, 0.29) is 0 Å². The molecule has 1 N–H and O–H groups in total. The molecule has 1 aromatic rings. The Morgan fingerprint density at radius 3 is 2.81 bits per heavy atom. The van der Waals surface area contributed by atoms with Crippen LogP contribution in [0.1, 0.15) is 31.2 Å². The molecule has 0 amide bonds. The molecular weight excluding hydrogens is 289 g/mol. The summed E-state index contributed by atoms with van der Waals surface area (Å²) >= 11 is 9.32. The van der Waals surface area contributed by atoms with Gasteiger partial charge in [-0.3, -0.25) is 4.84 Å². The first-order chi connectivity index (χ1) is 7.75. The summed E-state index contributed by atoms with van der Waals surface area (Å²) in [5, 5.41) is 0.737. The highest BCUT2D eigenvalue weighted by Crippen LogP contribution is 2.23. The van der Waals surface area contributed by atoms with Gasteiger partial charge >= 0.3 is 0 Å². The van der Waals surface area contributed by atoms with Gasteiger partial charge in [-0.2, -0.15) is 5.48 Å². The average Bonchev–Trinajstić information content (AvgIpc) is 2.76. The minimum absolute atomic E-state index is 0.399. The lowest BCUT2D eigenvalue weighted by Crippen LogP contribution is -2.21. The molecule has 0 atom stereocenters. The first kappa shape index (κ1) is 12.4. The summed E-state index contributed by atoms with van der Waals surface area (Å²) in [6, 6.07) is 5.89. The maximum atomic E-state index is 5.92. The maximum absolute atomic E-state index is 5.92. The minimum atomic E-state index is 0.399. The Balaban J connectivity index is 1.78. The summed E-state index contributed by atoms with van der Waals surface area (Å²) in [5.74, 6) is 0. The standard InChI is InChI=1S/C12H15BrClNO/c13-11-7-9(5-6-12(11)14)8-15-16-10-3-1-2-4-10/h5-7,10,15H,1-4,8H2. The van der Waals surface area contributed by atoms with Gasteiger partial charge in [0, 0.05) is 11.0 Å². The lowest BCUT2D eigenvalue weighted by molar-refractivity contribution is -0.0244. The van der Waals surface area contributed by atoms with Crippen LogP contribution in [0.4, 0.5) is 0 Å². The predicted molar refractivity (Wildman–Crippen MR) is 69.3 cm³/mol. The highest BCUT2D eigenvalue weighted by atomic mass is 79.9. The van der Waals surface area contributed by atoms with Crippen LogP contribution in [0.3, 0.4) is 0 Å². The van der Waals surface area contributed by atoms with Crippen LogP contribution in [0.15, 0.2) is 22.7 Å². The van der Waals surface area contributed by atoms with Crippen LogP contribution in [0.5, 0.6) is 0 Å². The van der Waals surface area contributed by atoms with Gasteiger partial charge in [-0.25, -0.2) is 0 Å². The summed E-state index contributed by atoms with van der Waals surface area (Å²) in [4.78, 5) is 5.58. The largest absolute Gasteiger partial charge is 0.298 e. The first-order valence-corrected chi connectivity index (χ1v) is 6.75. The number of nitrogens with one attached hydrogen (secondary N) is 1. The molecule has 1 saturated carbocycles. The van der Waals surface area contributed by atoms with Gasteiger partial charge in [-0.15, -0.1) is 0 Å². The molecule has 0 bridgehead atoms. The van der Waals surface area contributed by atoms with Crippen molar-refractivity contribution in [1.82, 2.24) is 5.48 Å². The topological polar surface area (TPSA) is 21.3 Å². The Morgan fingerprint density at radius 1 is 1.38 bits per heavy atom. The van der Waals surface area contributed by atoms with E-state index in [0.29, 0.717) is 12.6 Å². The lowest BCUT2D eigenvalue weighted by Gasteiger charge is -2.11. The fourth-order valence-corrected chi connectivity index (χ4v) is 2.44. The molecule has 88 valence electrons. The van der Waals surface area contributed by atoms with E-state index in [1.807, 2.05) is 18.2 Å². The number of hydroxylamine groups is 1. The van der Waals surface area contributed by atoms with Gasteiger partial charge in [0.15, 0.2) is 0 Å². The van der Waals surface area contributed by atoms with Crippen molar-refractivity contribution in [3.63, 3.8) is 0 Å². The van der Waals surface area contributed by atoms with E-state index < -0.39 is 0 Å². The number of rotatable bonds is 4. The molecule has 1 fully saturated rings. The summed E-state index contributed by atoms with van der Waals surface area (Å²) in [6.45, 7) is 0.715. The second-order valence-corrected chi connectivity index (χ2v) is 5.36. The Bertz CT molecular complexity index is 353. The minimum Gasteiger partial charge on any atom is -0.298 e. The monoisotopic (exact) mass is 303 g/mol. The molecule has 0 heterocycles. The molecule has 4 heteroatoms. The van der Waals surface area contributed by atoms with Gasteiger partial charge < -0.3 is 0 Å². The predicted octanol–water partition coefficient (Wildman–Crippen LogP) is 4.07. The highest BCUT2D eigenvalue weighted by molar-refractivity contribution is 9.10. The van der Waals surface area contributed by atoms with Crippen LogP contribution in [-0.4, -0.2) is 6.10 Å². The van der Waals surface area contributed by atoms with Gasteiger partial charge in [0.25, 0.3) is 0 Å². The van der Waals surface area contributed by atoms with Crippen LogP contribution in [0.25, 0.3) is 0 Å². The van der Waals surface area contributed by atoms with Crippen molar-refractivity contribution in [2.45, 2.75) is 38.3 Å². The Hall–Kier alpha value is -0.0900. The van der Waals surface area contributed by atoms with Crippen LogP contribution >= 0.6 is 27.5 Å². The molecule has 0 aromatic heterocycles. The van der Waals surface area contributed by atoms with Crippen molar-refractivity contribution < 1.29 is 4.84 Å². The lowest BCUT2D eigenvalue weighted by atomic mass is 10.2. The molecule has 16 heavy (non-hydrogen) atoms. The van der Waals surface area contributed by atoms with Gasteiger partial charge in [-0.05, 0) is 46.5 Å². The van der Waals surface area contributed by atoms with Crippen molar-refractivity contribution in [2.24, 2.45) is 0 Å². The molecule has 1 aromatic carbocycles. The van der Waals surface area contributed by atoms with E-state index in [1.165, 1.54) is 25.7 Å². The normalized spacial score (nSPS) is 16.9. The van der Waals surface area contributed by atoms with Crippen molar-refractivity contribution in [1.29, 1.82) is 0 Å². The molecule has 2 nitrogen and oxygen atoms in total. The van der Waals surface area contributed by atoms with Crippen LogP contribution in [0, 0.1) is 0 Å². The van der Waals surface area contributed by atoms with E-state index in [1.54, 1.807) is 0 Å². The fourth-order valence-electron chi connectivity index (χ4n) is 1.90. The van der Waals surface area contributed by atoms with E-state index in [2.05, 4.69) is 21.4 Å². The van der Waals surface area contributed by atoms with Gasteiger partial charge in [0.05, 0.1) is 11.1 Å². The summed E-state index contributed by atoms with van der Waals surface area (Å²) in [6.07, 6.45) is 5.34. The number of benzene rings is 1. The van der Waals surface area contributed by atoms with Gasteiger partial charge in [0.1, 0.15) is 0 Å². The SMILES string of the molecule is Clc1ccc(CNOC2CCCC2)cc1Br. The molecule has 1 aliphatic carbocycles. The molecule has 1 aliphatic rings. The van der Waals surface area contributed by atoms with Gasteiger partial charge in [-0.1, -0.05) is 30.5 Å². The zero-order chi connectivity index (χ0) is 11.4. The fraction of sp³-hybridized carbons (Fsp3) is 0.500. The van der Waals surface area contributed by atoms with E-state index in [0.717, 1.165) is 15.1 Å². The average molecular weight is 305 g/mol. The number of hydrogen-bond acceptors (Lipinski definition) is 2. The molecule has 0 saturated heterocycles. The quantitative estimate of drug-likeness (QED) is 0.847. The first-order valence-electron chi connectivity index (χ1n) is 5.58.